The molecule has 3 aliphatic rings. The molecule has 37 heavy (non-hydrogen) atoms. The topological polar surface area (TPSA) is 72.3 Å². The van der Waals surface area contributed by atoms with Crippen LogP contribution in [0.15, 0.2) is 36.5 Å². The highest BCUT2D eigenvalue weighted by Gasteiger charge is 2.39. The molecule has 1 N–H and O–H groups in total. The van der Waals surface area contributed by atoms with E-state index in [0.717, 1.165) is 49.9 Å². The second kappa shape index (κ2) is 9.67. The summed E-state index contributed by atoms with van der Waals surface area (Å²) in [5.74, 6) is 1.62. The molecular formula is C28H33F2N5O2. The van der Waals surface area contributed by atoms with Crippen LogP contribution in [0, 0.1) is 11.8 Å². The lowest BCUT2D eigenvalue weighted by molar-refractivity contribution is 0.0988. The van der Waals surface area contributed by atoms with Crippen molar-refractivity contribution in [1.29, 1.82) is 0 Å². The van der Waals surface area contributed by atoms with Crippen LogP contribution in [-0.4, -0.2) is 46.0 Å². The summed E-state index contributed by atoms with van der Waals surface area (Å²) < 4.78 is 35.2. The van der Waals surface area contributed by atoms with E-state index in [1.807, 2.05) is 18.2 Å². The summed E-state index contributed by atoms with van der Waals surface area (Å²) in [6.45, 7) is 5.94. The third-order valence-corrected chi connectivity index (χ3v) is 8.42. The molecule has 2 saturated heterocycles. The van der Waals surface area contributed by atoms with Gasteiger partial charge in [-0.1, -0.05) is 26.0 Å². The van der Waals surface area contributed by atoms with Gasteiger partial charge in [-0.15, -0.1) is 0 Å². The van der Waals surface area contributed by atoms with Crippen molar-refractivity contribution in [3.63, 3.8) is 0 Å². The van der Waals surface area contributed by atoms with Gasteiger partial charge in [-0.25, -0.2) is 13.8 Å². The number of benzene rings is 1. The van der Waals surface area contributed by atoms with Gasteiger partial charge in [-0.2, -0.15) is 5.10 Å². The van der Waals surface area contributed by atoms with Crippen LogP contribution in [0.2, 0.25) is 0 Å². The lowest BCUT2D eigenvalue weighted by Crippen LogP contribution is -2.37. The van der Waals surface area contributed by atoms with Gasteiger partial charge in [0.25, 0.3) is 12.3 Å². The Hall–Kier alpha value is -3.07. The monoisotopic (exact) mass is 509 g/mol. The smallest absolute Gasteiger partial charge is 0.284 e. The number of hydrogen-bond donors (Lipinski definition) is 1. The standard InChI is InChI=1S/C28H33F2N5O2/c1-16(2)17-6-9-19(10-7-17)35-14-23(26(33-35)27(29)30)31-28(36)22-5-3-4-18-8-11-24(32-25(18)22)34-13-21-12-20(34)15-37-21/h3-5,8,11,14,16-17,19-21,27H,6-7,9-10,12-13,15H2,1-2H3,(H,31,36)/t17?,19?,20-,21-/m0/s1. The van der Waals surface area contributed by atoms with E-state index < -0.39 is 12.3 Å². The molecule has 1 aliphatic carbocycles. The first-order chi connectivity index (χ1) is 17.9. The van der Waals surface area contributed by atoms with Crippen LogP contribution in [0.5, 0.6) is 0 Å². The molecule has 0 unspecified atom stereocenters. The van der Waals surface area contributed by atoms with Gasteiger partial charge < -0.3 is 15.0 Å². The highest BCUT2D eigenvalue weighted by atomic mass is 19.3. The Labute approximate surface area is 215 Å². The van der Waals surface area contributed by atoms with Crippen molar-refractivity contribution in [2.24, 2.45) is 11.8 Å². The predicted molar refractivity (Wildman–Crippen MR) is 138 cm³/mol. The van der Waals surface area contributed by atoms with E-state index in [1.165, 1.54) is 0 Å². The number of alkyl halides is 2. The molecule has 2 atom stereocenters. The Kier molecular flexibility index (Phi) is 6.34. The van der Waals surface area contributed by atoms with Gasteiger partial charge in [-0.05, 0) is 62.1 Å². The van der Waals surface area contributed by atoms with Crippen LogP contribution in [-0.2, 0) is 4.74 Å². The lowest BCUT2D eigenvalue weighted by Gasteiger charge is -2.30. The average molecular weight is 510 g/mol. The molecule has 1 amide bonds. The summed E-state index contributed by atoms with van der Waals surface area (Å²) in [5.41, 5.74) is 0.582. The van der Waals surface area contributed by atoms with Gasteiger partial charge in [0.2, 0.25) is 0 Å². The number of carbonyl (C=O) groups is 1. The van der Waals surface area contributed by atoms with Crippen LogP contribution >= 0.6 is 0 Å². The zero-order chi connectivity index (χ0) is 25.7. The molecule has 0 radical (unpaired) electrons. The molecule has 2 aromatic heterocycles. The predicted octanol–water partition coefficient (Wildman–Crippen LogP) is 5.99. The van der Waals surface area contributed by atoms with Crippen LogP contribution in [0.25, 0.3) is 10.9 Å². The first-order valence-corrected chi connectivity index (χ1v) is 13.3. The molecule has 1 aromatic carbocycles. The van der Waals surface area contributed by atoms with Gasteiger partial charge in [0.1, 0.15) is 5.82 Å². The first-order valence-electron chi connectivity index (χ1n) is 13.3. The highest BCUT2D eigenvalue weighted by Crippen LogP contribution is 2.38. The maximum absolute atomic E-state index is 13.9. The Balaban J connectivity index is 1.25. The fourth-order valence-corrected chi connectivity index (χ4v) is 6.23. The van der Waals surface area contributed by atoms with Crippen LogP contribution in [0.3, 0.4) is 0 Å². The number of hydrogen-bond acceptors (Lipinski definition) is 5. The molecule has 3 aromatic rings. The number of rotatable bonds is 6. The first kappa shape index (κ1) is 24.3. The van der Waals surface area contributed by atoms with E-state index in [4.69, 9.17) is 9.72 Å². The molecular weight excluding hydrogens is 476 g/mol. The van der Waals surface area contributed by atoms with Crippen molar-refractivity contribution < 1.29 is 18.3 Å². The van der Waals surface area contributed by atoms with Gasteiger partial charge in [0.05, 0.1) is 41.6 Å². The van der Waals surface area contributed by atoms with E-state index in [2.05, 4.69) is 29.2 Å². The van der Waals surface area contributed by atoms with E-state index in [9.17, 15) is 13.6 Å². The quantitative estimate of drug-likeness (QED) is 0.442. The summed E-state index contributed by atoms with van der Waals surface area (Å²) in [5, 5.41) is 7.77. The number of amides is 1. The highest BCUT2D eigenvalue weighted by molar-refractivity contribution is 6.12. The largest absolute Gasteiger partial charge is 0.374 e. The number of carbonyl (C=O) groups excluding carboxylic acids is 1. The molecule has 7 nitrogen and oxygen atoms in total. The van der Waals surface area contributed by atoms with Crippen molar-refractivity contribution in [3.05, 3.63) is 47.8 Å². The minimum atomic E-state index is -2.78. The second-order valence-corrected chi connectivity index (χ2v) is 11.0. The third kappa shape index (κ3) is 4.58. The number of aromatic nitrogens is 3. The molecule has 2 aliphatic heterocycles. The summed E-state index contributed by atoms with van der Waals surface area (Å²) in [7, 11) is 0. The molecule has 6 rings (SSSR count). The molecule has 2 bridgehead atoms. The molecule has 3 fully saturated rings. The third-order valence-electron chi connectivity index (χ3n) is 8.42. The fourth-order valence-electron chi connectivity index (χ4n) is 6.23. The lowest BCUT2D eigenvalue weighted by atomic mass is 9.80. The van der Waals surface area contributed by atoms with Crippen molar-refractivity contribution in [2.75, 3.05) is 23.4 Å². The summed E-state index contributed by atoms with van der Waals surface area (Å²) in [6.07, 6.45) is 3.93. The molecule has 0 spiro atoms. The van der Waals surface area contributed by atoms with Gasteiger partial charge in [0, 0.05) is 18.1 Å². The Bertz CT molecular complexity index is 1300. The zero-order valence-corrected chi connectivity index (χ0v) is 21.2. The number of para-hydroxylation sites is 1. The van der Waals surface area contributed by atoms with E-state index >= 15 is 0 Å². The molecule has 1 saturated carbocycles. The molecule has 4 heterocycles. The SMILES string of the molecule is CC(C)C1CCC(n2cc(NC(=O)c3cccc4ccc(N5C[C@@H]6C[C@H]5CO6)nc34)c(C(F)F)n2)CC1. The number of nitrogens with zero attached hydrogens (tertiary/aromatic N) is 4. The average Bonchev–Trinajstić information content (AvgIpc) is 3.64. The summed E-state index contributed by atoms with van der Waals surface area (Å²) >= 11 is 0. The van der Waals surface area contributed by atoms with E-state index in [0.29, 0.717) is 35.6 Å². The minimum absolute atomic E-state index is 0.0631. The van der Waals surface area contributed by atoms with Gasteiger partial charge in [-0.3, -0.25) is 9.48 Å². The van der Waals surface area contributed by atoms with Crippen LogP contribution < -0.4 is 10.2 Å². The number of fused-ring (bicyclic) bond motifs is 3. The van der Waals surface area contributed by atoms with E-state index in [-0.39, 0.29) is 23.5 Å². The number of nitrogens with one attached hydrogen (secondary N) is 1. The number of pyridine rings is 1. The van der Waals surface area contributed by atoms with E-state index in [1.54, 1.807) is 23.0 Å². The Morgan fingerprint density at radius 1 is 1.11 bits per heavy atom. The van der Waals surface area contributed by atoms with Crippen LogP contribution in [0.4, 0.5) is 20.3 Å². The summed E-state index contributed by atoms with van der Waals surface area (Å²) in [4.78, 5) is 20.5. The van der Waals surface area contributed by atoms with Crippen molar-refractivity contribution in [1.82, 2.24) is 14.8 Å². The fraction of sp³-hybridized carbons (Fsp3) is 0.536. The minimum Gasteiger partial charge on any atom is -0.374 e. The number of halogens is 2. The zero-order valence-electron chi connectivity index (χ0n) is 21.2. The van der Waals surface area contributed by atoms with Gasteiger partial charge in [0.15, 0.2) is 5.69 Å². The Morgan fingerprint density at radius 3 is 2.59 bits per heavy atom. The normalized spacial score (nSPS) is 25.5. The van der Waals surface area contributed by atoms with Crippen molar-refractivity contribution in [3.8, 4) is 0 Å². The second-order valence-electron chi connectivity index (χ2n) is 11.0. The maximum atomic E-state index is 13.9. The molecule has 9 heteroatoms. The number of ether oxygens (including phenoxy) is 1. The maximum Gasteiger partial charge on any atom is 0.284 e. The number of morpholine rings is 1. The van der Waals surface area contributed by atoms with Crippen molar-refractivity contribution >= 4 is 28.3 Å². The number of anilines is 2. The summed E-state index contributed by atoms with van der Waals surface area (Å²) in [6, 6.07) is 9.67. The van der Waals surface area contributed by atoms with Gasteiger partial charge >= 0.3 is 0 Å². The van der Waals surface area contributed by atoms with Crippen molar-refractivity contribution in [2.45, 2.75) is 70.6 Å². The molecule has 196 valence electrons. The Morgan fingerprint density at radius 2 is 1.92 bits per heavy atom. The van der Waals surface area contributed by atoms with Crippen LogP contribution in [0.1, 0.15) is 74.5 Å².